The van der Waals surface area contributed by atoms with Crippen LogP contribution < -0.4 is 11.1 Å². The fourth-order valence-electron chi connectivity index (χ4n) is 3.72. The van der Waals surface area contributed by atoms with Crippen molar-refractivity contribution in [3.8, 4) is 0 Å². The van der Waals surface area contributed by atoms with Crippen molar-refractivity contribution >= 4 is 11.8 Å². The van der Waals surface area contributed by atoms with Crippen molar-refractivity contribution in [1.29, 1.82) is 0 Å². The van der Waals surface area contributed by atoms with Crippen LogP contribution in [0.2, 0.25) is 0 Å². The van der Waals surface area contributed by atoms with Gasteiger partial charge in [0.05, 0.1) is 6.04 Å². The zero-order valence-electron chi connectivity index (χ0n) is 17.3. The maximum atomic E-state index is 11.6. The molecule has 6 heteroatoms. The molecule has 0 saturated heterocycles. The number of benzene rings is 1. The molecule has 1 fully saturated rings. The van der Waals surface area contributed by atoms with Gasteiger partial charge in [-0.2, -0.15) is 5.10 Å². The van der Waals surface area contributed by atoms with Gasteiger partial charge in [0.2, 0.25) is 0 Å². The molecule has 1 aromatic carbocycles. The molecule has 2 aromatic rings. The Morgan fingerprint density at radius 3 is 2.25 bits per heavy atom. The number of rotatable bonds is 4. The molecule has 1 heterocycles. The highest BCUT2D eigenvalue weighted by Crippen LogP contribution is 2.27. The molecule has 0 radical (unpaired) electrons. The minimum atomic E-state index is -0.615. The highest BCUT2D eigenvalue weighted by Gasteiger charge is 2.21. The maximum Gasteiger partial charge on any atom is 0.271 e. The van der Waals surface area contributed by atoms with Crippen molar-refractivity contribution in [2.45, 2.75) is 52.5 Å². The van der Waals surface area contributed by atoms with E-state index in [1.165, 1.54) is 43.5 Å². The zero-order chi connectivity index (χ0) is 20.7. The van der Waals surface area contributed by atoms with Gasteiger partial charge < -0.3 is 11.1 Å². The largest absolute Gasteiger partial charge is 0.364 e. The normalized spacial score (nSPS) is 19.9. The summed E-state index contributed by atoms with van der Waals surface area (Å²) in [6.45, 7) is 6.63. The molecule has 3 unspecified atom stereocenters. The molecule has 2 amide bonds. The molecule has 28 heavy (non-hydrogen) atoms. The van der Waals surface area contributed by atoms with Crippen LogP contribution in [0, 0.1) is 11.8 Å². The van der Waals surface area contributed by atoms with E-state index < -0.39 is 5.91 Å². The Kier molecular flexibility index (Phi) is 7.79. The average molecular weight is 385 g/mol. The Labute approximate surface area is 167 Å². The molecule has 3 N–H and O–H groups in total. The van der Waals surface area contributed by atoms with Crippen LogP contribution in [-0.2, 0) is 0 Å². The standard InChI is InChI=1S/C14H16N4O2.C8H16/c1-9(10-6-4-3-5-7-10)18-12(13(15)19)8-11(17-18)14(20)16-2;1-7-4-3-5-8(2)6-7/h3-9H,1-2H3,(H2,15,19)(H,16,20);7-8H,3-6H2,1-2H3. The molecule has 1 aromatic heterocycles. The average Bonchev–Trinajstić information content (AvgIpc) is 3.13. The van der Waals surface area contributed by atoms with Crippen LogP contribution in [0.4, 0.5) is 0 Å². The van der Waals surface area contributed by atoms with Gasteiger partial charge in [-0.25, -0.2) is 0 Å². The van der Waals surface area contributed by atoms with E-state index in [4.69, 9.17) is 5.73 Å². The van der Waals surface area contributed by atoms with Gasteiger partial charge in [0.25, 0.3) is 11.8 Å². The summed E-state index contributed by atoms with van der Waals surface area (Å²) in [5.74, 6) is 1.06. The van der Waals surface area contributed by atoms with Gasteiger partial charge in [-0.3, -0.25) is 14.3 Å². The fourth-order valence-corrected chi connectivity index (χ4v) is 3.72. The molecule has 0 spiro atoms. The van der Waals surface area contributed by atoms with E-state index in [1.807, 2.05) is 37.3 Å². The lowest BCUT2D eigenvalue weighted by atomic mass is 9.84. The number of amides is 2. The summed E-state index contributed by atoms with van der Waals surface area (Å²) in [7, 11) is 1.51. The number of nitrogens with two attached hydrogens (primary N) is 1. The van der Waals surface area contributed by atoms with Crippen LogP contribution in [0.3, 0.4) is 0 Å². The molecule has 1 aliphatic rings. The Morgan fingerprint density at radius 2 is 1.79 bits per heavy atom. The minimum Gasteiger partial charge on any atom is -0.364 e. The molecular weight excluding hydrogens is 352 g/mol. The van der Waals surface area contributed by atoms with Crippen molar-refractivity contribution in [2.24, 2.45) is 17.6 Å². The second kappa shape index (κ2) is 10.1. The monoisotopic (exact) mass is 384 g/mol. The van der Waals surface area contributed by atoms with E-state index in [-0.39, 0.29) is 23.3 Å². The number of hydrogen-bond donors (Lipinski definition) is 2. The molecule has 3 rings (SSSR count). The number of carbonyl (C=O) groups excluding carboxylic acids is 2. The van der Waals surface area contributed by atoms with Gasteiger partial charge in [0.15, 0.2) is 5.69 Å². The third-order valence-corrected chi connectivity index (χ3v) is 5.30. The summed E-state index contributed by atoms with van der Waals surface area (Å²) in [5, 5.41) is 6.65. The third-order valence-electron chi connectivity index (χ3n) is 5.30. The second-order valence-corrected chi connectivity index (χ2v) is 7.77. The molecule has 1 aliphatic carbocycles. The second-order valence-electron chi connectivity index (χ2n) is 7.77. The van der Waals surface area contributed by atoms with Crippen molar-refractivity contribution in [2.75, 3.05) is 7.05 Å². The van der Waals surface area contributed by atoms with E-state index in [1.54, 1.807) is 0 Å². The Hall–Kier alpha value is -2.63. The predicted octanol–water partition coefficient (Wildman–Crippen LogP) is 3.78. The third kappa shape index (κ3) is 5.68. The van der Waals surface area contributed by atoms with E-state index >= 15 is 0 Å². The van der Waals surface area contributed by atoms with E-state index in [0.29, 0.717) is 0 Å². The molecule has 1 saturated carbocycles. The van der Waals surface area contributed by atoms with Gasteiger partial charge in [-0.05, 0) is 30.7 Å². The summed E-state index contributed by atoms with van der Waals surface area (Å²) in [5.41, 5.74) is 6.71. The van der Waals surface area contributed by atoms with E-state index in [0.717, 1.165) is 17.4 Å². The van der Waals surface area contributed by atoms with Gasteiger partial charge in [-0.15, -0.1) is 0 Å². The first kappa shape index (κ1) is 21.7. The number of aromatic nitrogens is 2. The summed E-state index contributed by atoms with van der Waals surface area (Å²) in [4.78, 5) is 23.1. The molecule has 0 bridgehead atoms. The van der Waals surface area contributed by atoms with Gasteiger partial charge in [-0.1, -0.05) is 63.4 Å². The molecule has 3 atom stereocenters. The summed E-state index contributed by atoms with van der Waals surface area (Å²) in [6.07, 6.45) is 5.90. The number of primary amides is 1. The lowest BCUT2D eigenvalue weighted by Gasteiger charge is -2.22. The number of carbonyl (C=O) groups is 2. The highest BCUT2D eigenvalue weighted by molar-refractivity contribution is 5.97. The Bertz CT molecular complexity index is 777. The van der Waals surface area contributed by atoms with Crippen LogP contribution in [0.15, 0.2) is 36.4 Å². The zero-order valence-corrected chi connectivity index (χ0v) is 17.3. The van der Waals surface area contributed by atoms with E-state index in [2.05, 4.69) is 24.3 Å². The lowest BCUT2D eigenvalue weighted by Crippen LogP contribution is -2.21. The maximum absolute atomic E-state index is 11.6. The first-order chi connectivity index (χ1) is 13.3. The van der Waals surface area contributed by atoms with Crippen LogP contribution in [-0.4, -0.2) is 28.6 Å². The number of hydrogen-bond acceptors (Lipinski definition) is 3. The van der Waals surface area contributed by atoms with Crippen molar-refractivity contribution in [1.82, 2.24) is 15.1 Å². The lowest BCUT2D eigenvalue weighted by molar-refractivity contribution is 0.0955. The van der Waals surface area contributed by atoms with Crippen molar-refractivity contribution in [3.63, 3.8) is 0 Å². The molecule has 152 valence electrons. The van der Waals surface area contributed by atoms with Crippen LogP contribution in [0.1, 0.15) is 79.0 Å². The molecular formula is C22H32N4O2. The summed E-state index contributed by atoms with van der Waals surface area (Å²) >= 11 is 0. The van der Waals surface area contributed by atoms with Crippen LogP contribution in [0.5, 0.6) is 0 Å². The molecule has 6 nitrogen and oxygen atoms in total. The Morgan fingerprint density at radius 1 is 1.18 bits per heavy atom. The van der Waals surface area contributed by atoms with Gasteiger partial charge in [0, 0.05) is 13.1 Å². The molecule has 0 aliphatic heterocycles. The topological polar surface area (TPSA) is 90.0 Å². The van der Waals surface area contributed by atoms with Gasteiger partial charge >= 0.3 is 0 Å². The number of nitrogens with zero attached hydrogens (tertiary/aromatic N) is 2. The highest BCUT2D eigenvalue weighted by atomic mass is 16.2. The van der Waals surface area contributed by atoms with Crippen molar-refractivity contribution in [3.05, 3.63) is 53.3 Å². The smallest absolute Gasteiger partial charge is 0.271 e. The van der Waals surface area contributed by atoms with Crippen molar-refractivity contribution < 1.29 is 9.59 Å². The summed E-state index contributed by atoms with van der Waals surface area (Å²) < 4.78 is 1.47. The van der Waals surface area contributed by atoms with Crippen LogP contribution in [0.25, 0.3) is 0 Å². The quantitative estimate of drug-likeness (QED) is 0.840. The fraction of sp³-hybridized carbons (Fsp3) is 0.500. The summed E-state index contributed by atoms with van der Waals surface area (Å²) in [6, 6.07) is 10.8. The number of nitrogens with one attached hydrogen (secondary N) is 1. The van der Waals surface area contributed by atoms with Gasteiger partial charge in [0.1, 0.15) is 5.69 Å². The Balaban J connectivity index is 0.000000292. The first-order valence-electron chi connectivity index (χ1n) is 9.99. The minimum absolute atomic E-state index is 0.170. The predicted molar refractivity (Wildman–Crippen MR) is 111 cm³/mol. The van der Waals surface area contributed by atoms with Crippen LogP contribution >= 0.6 is 0 Å². The SMILES string of the molecule is CC1CCCC(C)C1.CNC(=O)c1cc(C(N)=O)n(C(C)c2ccccc2)n1. The first-order valence-corrected chi connectivity index (χ1v) is 9.99. The van der Waals surface area contributed by atoms with E-state index in [9.17, 15) is 9.59 Å².